The van der Waals surface area contributed by atoms with Crippen molar-refractivity contribution in [1.29, 1.82) is 0 Å². The molecule has 3 aromatic rings. The minimum atomic E-state index is -0.259. The second-order valence-electron chi connectivity index (χ2n) is 8.28. The normalized spacial score (nSPS) is 15.8. The van der Waals surface area contributed by atoms with Crippen LogP contribution < -0.4 is 5.32 Å². The van der Waals surface area contributed by atoms with Crippen LogP contribution in [0.3, 0.4) is 0 Å². The van der Waals surface area contributed by atoms with E-state index in [1.165, 1.54) is 11.1 Å². The SMILES string of the molecule is CNC(=O)c1ccc(-c2ccc(C3CN(C(=O)Cc4ccc(C)c(C)c4)CCO3)nc2)cn1. The van der Waals surface area contributed by atoms with Crippen molar-refractivity contribution in [3.05, 3.63) is 82.9 Å². The molecule has 7 heteroatoms. The lowest BCUT2D eigenvalue weighted by Gasteiger charge is -2.33. The first kappa shape index (κ1) is 22.6. The molecule has 1 saturated heterocycles. The van der Waals surface area contributed by atoms with E-state index >= 15 is 0 Å². The molecule has 4 rings (SSSR count). The van der Waals surface area contributed by atoms with Gasteiger partial charge in [-0.3, -0.25) is 19.6 Å². The number of ether oxygens (including phenoxy) is 1. The van der Waals surface area contributed by atoms with Crippen LogP contribution >= 0.6 is 0 Å². The molecule has 1 atom stereocenters. The molecule has 0 aliphatic carbocycles. The van der Waals surface area contributed by atoms with Gasteiger partial charge in [-0.05, 0) is 42.7 Å². The Kier molecular flexibility index (Phi) is 6.79. The van der Waals surface area contributed by atoms with Gasteiger partial charge in [0.1, 0.15) is 11.8 Å². The van der Waals surface area contributed by atoms with E-state index < -0.39 is 0 Å². The second kappa shape index (κ2) is 9.92. The molecule has 0 radical (unpaired) electrons. The Morgan fingerprint density at radius 1 is 1.03 bits per heavy atom. The van der Waals surface area contributed by atoms with Crippen LogP contribution in [0.5, 0.6) is 0 Å². The summed E-state index contributed by atoms with van der Waals surface area (Å²) in [6.07, 6.45) is 3.56. The quantitative estimate of drug-likeness (QED) is 0.653. The van der Waals surface area contributed by atoms with Crippen molar-refractivity contribution in [2.45, 2.75) is 26.4 Å². The highest BCUT2D eigenvalue weighted by Gasteiger charge is 2.26. The van der Waals surface area contributed by atoms with E-state index in [0.717, 1.165) is 22.4 Å². The number of hydrogen-bond acceptors (Lipinski definition) is 5. The molecule has 170 valence electrons. The number of pyridine rings is 2. The van der Waals surface area contributed by atoms with Gasteiger partial charge in [0.25, 0.3) is 5.91 Å². The van der Waals surface area contributed by atoms with Gasteiger partial charge in [0, 0.05) is 37.1 Å². The fourth-order valence-corrected chi connectivity index (χ4v) is 3.85. The lowest BCUT2D eigenvalue weighted by Crippen LogP contribution is -2.43. The first-order chi connectivity index (χ1) is 15.9. The molecule has 2 amide bonds. The number of rotatable bonds is 5. The molecular weight excluding hydrogens is 416 g/mol. The zero-order valence-corrected chi connectivity index (χ0v) is 19.2. The maximum atomic E-state index is 12.9. The molecule has 0 spiro atoms. The van der Waals surface area contributed by atoms with Gasteiger partial charge in [-0.25, -0.2) is 0 Å². The van der Waals surface area contributed by atoms with Gasteiger partial charge in [-0.15, -0.1) is 0 Å². The van der Waals surface area contributed by atoms with E-state index in [4.69, 9.17) is 4.74 Å². The standard InChI is InChI=1S/C26H28N4O3/c1-17-4-5-19(12-18(17)2)13-25(31)30-10-11-33-24(16-30)22-8-6-20(14-28-22)21-7-9-23(29-15-21)26(32)27-3/h4-9,12,14-15,24H,10-11,13,16H2,1-3H3,(H,27,32). The number of amides is 2. The summed E-state index contributed by atoms with van der Waals surface area (Å²) in [6, 6.07) is 13.6. The third-order valence-corrected chi connectivity index (χ3v) is 6.02. The van der Waals surface area contributed by atoms with Crippen molar-refractivity contribution >= 4 is 11.8 Å². The van der Waals surface area contributed by atoms with E-state index in [1.54, 1.807) is 25.5 Å². The number of morpholine rings is 1. The summed E-state index contributed by atoms with van der Waals surface area (Å²) in [5.74, 6) is -0.119. The summed E-state index contributed by atoms with van der Waals surface area (Å²) in [7, 11) is 1.58. The summed E-state index contributed by atoms with van der Waals surface area (Å²) < 4.78 is 5.92. The molecule has 33 heavy (non-hydrogen) atoms. The highest BCUT2D eigenvalue weighted by Crippen LogP contribution is 2.24. The molecule has 1 unspecified atom stereocenters. The van der Waals surface area contributed by atoms with Crippen molar-refractivity contribution in [3.8, 4) is 11.1 Å². The van der Waals surface area contributed by atoms with Gasteiger partial charge < -0.3 is 15.0 Å². The monoisotopic (exact) mass is 444 g/mol. The summed E-state index contributed by atoms with van der Waals surface area (Å²) in [5.41, 5.74) is 6.38. The Morgan fingerprint density at radius 2 is 1.79 bits per heavy atom. The minimum absolute atomic E-state index is 0.102. The van der Waals surface area contributed by atoms with E-state index in [9.17, 15) is 9.59 Å². The average Bonchev–Trinajstić information content (AvgIpc) is 2.86. The highest BCUT2D eigenvalue weighted by molar-refractivity contribution is 5.92. The number of nitrogens with zero attached hydrogens (tertiary/aromatic N) is 3. The number of benzene rings is 1. The summed E-state index contributed by atoms with van der Waals surface area (Å²) in [6.45, 7) is 5.69. The molecular formula is C26H28N4O3. The summed E-state index contributed by atoms with van der Waals surface area (Å²) in [4.78, 5) is 35.2. The Labute approximate surface area is 193 Å². The van der Waals surface area contributed by atoms with Crippen LogP contribution in [0.2, 0.25) is 0 Å². The van der Waals surface area contributed by atoms with Crippen LogP contribution in [0.15, 0.2) is 54.9 Å². The molecule has 1 aliphatic heterocycles. The molecule has 1 N–H and O–H groups in total. The zero-order chi connectivity index (χ0) is 23.4. The number of hydrogen-bond donors (Lipinski definition) is 1. The van der Waals surface area contributed by atoms with Gasteiger partial charge in [0.05, 0.1) is 25.3 Å². The first-order valence-electron chi connectivity index (χ1n) is 11.0. The van der Waals surface area contributed by atoms with Crippen LogP contribution in [0.1, 0.15) is 39.0 Å². The molecule has 1 aromatic carbocycles. The second-order valence-corrected chi connectivity index (χ2v) is 8.28. The largest absolute Gasteiger partial charge is 0.368 e. The maximum Gasteiger partial charge on any atom is 0.269 e. The zero-order valence-electron chi connectivity index (χ0n) is 19.2. The fraction of sp³-hybridized carbons (Fsp3) is 0.308. The third kappa shape index (κ3) is 5.26. The van der Waals surface area contributed by atoms with Gasteiger partial charge in [0.2, 0.25) is 5.91 Å². The topological polar surface area (TPSA) is 84.4 Å². The van der Waals surface area contributed by atoms with Crippen LogP contribution in [-0.2, 0) is 16.0 Å². The predicted octanol–water partition coefficient (Wildman–Crippen LogP) is 3.26. The number of nitrogens with one attached hydrogen (secondary N) is 1. The molecule has 0 bridgehead atoms. The maximum absolute atomic E-state index is 12.9. The summed E-state index contributed by atoms with van der Waals surface area (Å²) >= 11 is 0. The van der Waals surface area contributed by atoms with Crippen molar-refractivity contribution in [2.75, 3.05) is 26.7 Å². The van der Waals surface area contributed by atoms with E-state index in [0.29, 0.717) is 31.8 Å². The lowest BCUT2D eigenvalue weighted by molar-refractivity contribution is -0.138. The number of aromatic nitrogens is 2. The molecule has 2 aromatic heterocycles. The van der Waals surface area contributed by atoms with E-state index in [2.05, 4.69) is 41.3 Å². The third-order valence-electron chi connectivity index (χ3n) is 6.02. The first-order valence-corrected chi connectivity index (χ1v) is 11.0. The number of carbonyl (C=O) groups excluding carboxylic acids is 2. The van der Waals surface area contributed by atoms with Crippen LogP contribution in [0.4, 0.5) is 0 Å². The Hall–Kier alpha value is -3.58. The van der Waals surface area contributed by atoms with Crippen molar-refractivity contribution in [1.82, 2.24) is 20.2 Å². The molecule has 0 saturated carbocycles. The minimum Gasteiger partial charge on any atom is -0.368 e. The Bertz CT molecular complexity index is 1140. The van der Waals surface area contributed by atoms with Crippen LogP contribution in [0.25, 0.3) is 11.1 Å². The van der Waals surface area contributed by atoms with Gasteiger partial charge >= 0.3 is 0 Å². The fourth-order valence-electron chi connectivity index (χ4n) is 3.85. The smallest absolute Gasteiger partial charge is 0.269 e. The predicted molar refractivity (Wildman–Crippen MR) is 126 cm³/mol. The van der Waals surface area contributed by atoms with E-state index in [-0.39, 0.29) is 17.9 Å². The van der Waals surface area contributed by atoms with Crippen molar-refractivity contribution in [3.63, 3.8) is 0 Å². The average molecular weight is 445 g/mol. The van der Waals surface area contributed by atoms with E-state index in [1.807, 2.05) is 29.2 Å². The summed E-state index contributed by atoms with van der Waals surface area (Å²) in [5, 5.41) is 2.56. The Balaban J connectivity index is 1.41. The molecule has 3 heterocycles. The molecule has 1 aliphatic rings. The van der Waals surface area contributed by atoms with Crippen LogP contribution in [-0.4, -0.2) is 53.4 Å². The van der Waals surface area contributed by atoms with Gasteiger partial charge in [0.15, 0.2) is 0 Å². The van der Waals surface area contributed by atoms with Gasteiger partial charge in [-0.1, -0.05) is 30.3 Å². The van der Waals surface area contributed by atoms with Crippen LogP contribution in [0, 0.1) is 13.8 Å². The van der Waals surface area contributed by atoms with Crippen molar-refractivity contribution in [2.24, 2.45) is 0 Å². The molecule has 1 fully saturated rings. The van der Waals surface area contributed by atoms with Crippen molar-refractivity contribution < 1.29 is 14.3 Å². The number of carbonyl (C=O) groups is 2. The highest BCUT2D eigenvalue weighted by atomic mass is 16.5. The lowest BCUT2D eigenvalue weighted by atomic mass is 10.0. The molecule has 7 nitrogen and oxygen atoms in total. The Morgan fingerprint density at radius 3 is 2.42 bits per heavy atom. The number of aryl methyl sites for hydroxylation is 2. The van der Waals surface area contributed by atoms with Gasteiger partial charge in [-0.2, -0.15) is 0 Å².